The average molecular weight is 410 g/mol. The quantitative estimate of drug-likeness (QED) is 0.601. The van der Waals surface area contributed by atoms with Gasteiger partial charge < -0.3 is 15.5 Å². The molecule has 3 atom stereocenters. The molecule has 4 amide bonds. The second kappa shape index (κ2) is 7.85. The number of amides is 4. The van der Waals surface area contributed by atoms with Gasteiger partial charge in [0.25, 0.3) is 11.8 Å². The van der Waals surface area contributed by atoms with Crippen LogP contribution < -0.4 is 16.4 Å². The summed E-state index contributed by atoms with van der Waals surface area (Å²) in [4.78, 5) is 50.1. The lowest BCUT2D eigenvalue weighted by Crippen LogP contribution is -2.54. The lowest BCUT2D eigenvalue weighted by Gasteiger charge is -2.27. The second-order valence-corrected chi connectivity index (χ2v) is 7.54. The Kier molecular flexibility index (Phi) is 5.23. The maximum absolute atomic E-state index is 12.9. The van der Waals surface area contributed by atoms with Gasteiger partial charge in [-0.1, -0.05) is 6.07 Å². The number of carbonyl (C=O) groups is 4. The Morgan fingerprint density at radius 2 is 1.97 bits per heavy atom. The minimum Gasteiger partial charge on any atom is -0.468 e. The molecule has 156 valence electrons. The summed E-state index contributed by atoms with van der Waals surface area (Å²) in [6, 6.07) is 7.20. The van der Waals surface area contributed by atoms with Gasteiger partial charge in [0.2, 0.25) is 11.8 Å². The number of piperidine rings is 1. The van der Waals surface area contributed by atoms with E-state index in [0.717, 1.165) is 10.5 Å². The largest absolute Gasteiger partial charge is 0.468 e. The molecule has 2 aliphatic heterocycles. The Balaban J connectivity index is 1.47. The molecule has 1 aromatic heterocycles. The molecule has 1 aromatic carbocycles. The lowest BCUT2D eigenvalue weighted by molar-refractivity contribution is -0.136. The number of furan rings is 1. The van der Waals surface area contributed by atoms with Crippen LogP contribution in [-0.4, -0.2) is 40.6 Å². The molecule has 4 rings (SSSR count). The normalized spacial score (nSPS) is 20.9. The number of nitrogens with two attached hydrogens (primary N) is 1. The molecular weight excluding hydrogens is 388 g/mol. The van der Waals surface area contributed by atoms with Crippen LogP contribution >= 0.6 is 0 Å². The van der Waals surface area contributed by atoms with E-state index in [1.807, 2.05) is 13.0 Å². The van der Waals surface area contributed by atoms with Gasteiger partial charge in [0.15, 0.2) is 0 Å². The lowest BCUT2D eigenvalue weighted by atomic mass is 10.0. The van der Waals surface area contributed by atoms with Crippen molar-refractivity contribution in [2.24, 2.45) is 5.73 Å². The van der Waals surface area contributed by atoms with Gasteiger partial charge in [0, 0.05) is 19.0 Å². The van der Waals surface area contributed by atoms with Crippen LogP contribution in [0.1, 0.15) is 57.8 Å². The SMILES string of the molecule is CC(NCc1ccc2c(c1)C(=O)N(C1CCC(=O)NC1=O)C2=O)C(N)c1ccco1. The Morgan fingerprint density at radius 1 is 1.20 bits per heavy atom. The predicted octanol–water partition coefficient (Wildman–Crippen LogP) is 0.859. The molecule has 9 nitrogen and oxygen atoms in total. The number of nitrogens with zero attached hydrogens (tertiary/aromatic N) is 1. The van der Waals surface area contributed by atoms with Crippen LogP contribution in [0.2, 0.25) is 0 Å². The van der Waals surface area contributed by atoms with Crippen molar-refractivity contribution in [2.75, 3.05) is 0 Å². The summed E-state index contributed by atoms with van der Waals surface area (Å²) >= 11 is 0. The van der Waals surface area contributed by atoms with Gasteiger partial charge in [0.1, 0.15) is 11.8 Å². The fraction of sp³-hybridized carbons (Fsp3) is 0.333. The monoisotopic (exact) mass is 410 g/mol. The molecule has 0 bridgehead atoms. The minimum absolute atomic E-state index is 0.0901. The molecule has 4 N–H and O–H groups in total. The van der Waals surface area contributed by atoms with Crippen molar-refractivity contribution in [3.63, 3.8) is 0 Å². The van der Waals surface area contributed by atoms with Crippen LogP contribution in [0.15, 0.2) is 41.0 Å². The summed E-state index contributed by atoms with van der Waals surface area (Å²) in [5.41, 5.74) is 7.50. The van der Waals surface area contributed by atoms with Gasteiger partial charge in [-0.15, -0.1) is 0 Å². The van der Waals surface area contributed by atoms with E-state index in [2.05, 4.69) is 10.6 Å². The molecule has 0 saturated carbocycles. The fourth-order valence-electron chi connectivity index (χ4n) is 3.76. The highest BCUT2D eigenvalue weighted by atomic mass is 16.3. The predicted molar refractivity (Wildman–Crippen MR) is 105 cm³/mol. The van der Waals surface area contributed by atoms with Crippen LogP contribution in [0.3, 0.4) is 0 Å². The van der Waals surface area contributed by atoms with Crippen molar-refractivity contribution in [1.29, 1.82) is 0 Å². The zero-order valence-electron chi connectivity index (χ0n) is 16.4. The molecule has 1 fully saturated rings. The molecule has 30 heavy (non-hydrogen) atoms. The van der Waals surface area contributed by atoms with Gasteiger partial charge in [-0.25, -0.2) is 0 Å². The Hall–Kier alpha value is -3.30. The number of imide groups is 2. The number of nitrogens with one attached hydrogen (secondary N) is 2. The van der Waals surface area contributed by atoms with E-state index < -0.39 is 29.7 Å². The van der Waals surface area contributed by atoms with Crippen LogP contribution in [0, 0.1) is 0 Å². The second-order valence-electron chi connectivity index (χ2n) is 7.54. The van der Waals surface area contributed by atoms with E-state index in [0.29, 0.717) is 12.3 Å². The summed E-state index contributed by atoms with van der Waals surface area (Å²) in [6.07, 6.45) is 1.79. The molecule has 9 heteroatoms. The van der Waals surface area contributed by atoms with E-state index in [1.165, 1.54) is 0 Å². The summed E-state index contributed by atoms with van der Waals surface area (Å²) in [5.74, 6) is -1.39. The number of benzene rings is 1. The first-order valence-corrected chi connectivity index (χ1v) is 9.73. The Morgan fingerprint density at radius 3 is 2.67 bits per heavy atom. The van der Waals surface area contributed by atoms with Crippen molar-refractivity contribution in [3.8, 4) is 0 Å². The van der Waals surface area contributed by atoms with Crippen molar-refractivity contribution >= 4 is 23.6 Å². The zero-order valence-corrected chi connectivity index (χ0v) is 16.4. The summed E-state index contributed by atoms with van der Waals surface area (Å²) in [6.45, 7) is 2.36. The summed E-state index contributed by atoms with van der Waals surface area (Å²) < 4.78 is 5.33. The van der Waals surface area contributed by atoms with Crippen LogP contribution in [0.4, 0.5) is 0 Å². The van der Waals surface area contributed by atoms with Crippen LogP contribution in [0.5, 0.6) is 0 Å². The first-order chi connectivity index (χ1) is 14.4. The number of hydrogen-bond donors (Lipinski definition) is 3. The highest BCUT2D eigenvalue weighted by Crippen LogP contribution is 2.28. The number of hydrogen-bond acceptors (Lipinski definition) is 7. The van der Waals surface area contributed by atoms with Crippen molar-refractivity contribution < 1.29 is 23.6 Å². The maximum atomic E-state index is 12.9. The number of fused-ring (bicyclic) bond motifs is 1. The van der Waals surface area contributed by atoms with Gasteiger partial charge in [0.05, 0.1) is 23.4 Å². The Bertz CT molecular complexity index is 1020. The molecular formula is C21H22N4O5. The molecule has 1 saturated heterocycles. The van der Waals surface area contributed by atoms with Crippen LogP contribution in [0.25, 0.3) is 0 Å². The van der Waals surface area contributed by atoms with E-state index in [1.54, 1.807) is 30.5 Å². The van der Waals surface area contributed by atoms with Crippen molar-refractivity contribution in [1.82, 2.24) is 15.5 Å². The van der Waals surface area contributed by atoms with Crippen LogP contribution in [-0.2, 0) is 16.1 Å². The van der Waals surface area contributed by atoms with Gasteiger partial charge in [-0.3, -0.25) is 29.4 Å². The third-order valence-corrected chi connectivity index (χ3v) is 5.54. The topological polar surface area (TPSA) is 135 Å². The molecule has 0 radical (unpaired) electrons. The molecule has 2 aromatic rings. The molecule has 2 aliphatic rings. The Labute approximate surface area is 172 Å². The third kappa shape index (κ3) is 3.53. The molecule has 0 aliphatic carbocycles. The highest BCUT2D eigenvalue weighted by molar-refractivity contribution is 6.23. The first kappa shape index (κ1) is 20.0. The zero-order chi connectivity index (χ0) is 21.4. The first-order valence-electron chi connectivity index (χ1n) is 9.73. The van der Waals surface area contributed by atoms with Crippen molar-refractivity contribution in [2.45, 2.75) is 44.4 Å². The van der Waals surface area contributed by atoms with Gasteiger partial charge in [-0.05, 0) is 43.2 Å². The highest BCUT2D eigenvalue weighted by Gasteiger charge is 2.44. The molecule has 3 unspecified atom stereocenters. The third-order valence-electron chi connectivity index (χ3n) is 5.54. The number of rotatable bonds is 6. The summed E-state index contributed by atoms with van der Waals surface area (Å²) in [5, 5.41) is 5.48. The maximum Gasteiger partial charge on any atom is 0.262 e. The number of carbonyl (C=O) groups excluding carboxylic acids is 4. The molecule has 3 heterocycles. The average Bonchev–Trinajstić information content (AvgIpc) is 3.34. The van der Waals surface area contributed by atoms with E-state index >= 15 is 0 Å². The van der Waals surface area contributed by atoms with E-state index in [9.17, 15) is 19.2 Å². The minimum atomic E-state index is -0.969. The van der Waals surface area contributed by atoms with Gasteiger partial charge in [-0.2, -0.15) is 0 Å². The van der Waals surface area contributed by atoms with E-state index in [4.69, 9.17) is 10.2 Å². The summed E-state index contributed by atoms with van der Waals surface area (Å²) in [7, 11) is 0. The standard InChI is InChI=1S/C21H22N4O5/c1-11(18(22)16-3-2-8-30-16)23-10-12-4-5-13-14(9-12)21(29)25(20(13)28)15-6-7-17(26)24-19(15)27/h2-5,8-9,11,15,18,23H,6-7,10,22H2,1H3,(H,24,26,27). The smallest absolute Gasteiger partial charge is 0.262 e. The fourth-order valence-corrected chi connectivity index (χ4v) is 3.76. The van der Waals surface area contributed by atoms with Gasteiger partial charge >= 0.3 is 0 Å². The molecule has 0 spiro atoms. The van der Waals surface area contributed by atoms with Crippen molar-refractivity contribution in [3.05, 3.63) is 59.0 Å². The van der Waals surface area contributed by atoms with E-state index in [-0.39, 0.29) is 36.1 Å².